The van der Waals surface area contributed by atoms with Crippen LogP contribution < -0.4 is 4.90 Å². The molecule has 0 saturated heterocycles. The Hall–Kier alpha value is -2.54. The van der Waals surface area contributed by atoms with Gasteiger partial charge in [-0.2, -0.15) is 0 Å². The van der Waals surface area contributed by atoms with E-state index in [0.717, 1.165) is 13.0 Å². The Morgan fingerprint density at radius 2 is 1.39 bits per heavy atom. The fourth-order valence-corrected chi connectivity index (χ4v) is 4.18. The van der Waals surface area contributed by atoms with Crippen LogP contribution in [0.2, 0.25) is 0 Å². The Balaban J connectivity index is 1.67. The predicted molar refractivity (Wildman–Crippen MR) is 96.5 cm³/mol. The van der Waals surface area contributed by atoms with Crippen LogP contribution in [0.15, 0.2) is 66.7 Å². The van der Waals surface area contributed by atoms with Crippen LogP contribution in [0.25, 0.3) is 11.1 Å². The summed E-state index contributed by atoms with van der Waals surface area (Å²) < 4.78 is 0. The number of fused-ring (bicyclic) bond motifs is 4. The largest absolute Gasteiger partial charge is 0.341 e. The molecular weight excluding hydrogens is 278 g/mol. The van der Waals surface area contributed by atoms with Crippen molar-refractivity contribution < 1.29 is 0 Å². The van der Waals surface area contributed by atoms with Gasteiger partial charge in [-0.3, -0.25) is 0 Å². The number of anilines is 2. The van der Waals surface area contributed by atoms with E-state index >= 15 is 0 Å². The van der Waals surface area contributed by atoms with Gasteiger partial charge in [0.05, 0.1) is 0 Å². The van der Waals surface area contributed by atoms with E-state index in [2.05, 4.69) is 71.6 Å². The van der Waals surface area contributed by atoms with Crippen LogP contribution in [-0.2, 0) is 12.8 Å². The van der Waals surface area contributed by atoms with E-state index in [1.165, 1.54) is 52.0 Å². The lowest BCUT2D eigenvalue weighted by atomic mass is 9.98. The van der Waals surface area contributed by atoms with E-state index in [0.29, 0.717) is 0 Å². The molecule has 0 N–H and O–H groups in total. The molecule has 0 aromatic heterocycles. The third-order valence-corrected chi connectivity index (χ3v) is 5.23. The molecule has 1 aliphatic heterocycles. The molecule has 0 atom stereocenters. The molecule has 0 saturated carbocycles. The highest BCUT2D eigenvalue weighted by molar-refractivity contribution is 5.84. The lowest BCUT2D eigenvalue weighted by molar-refractivity contribution is 0.765. The van der Waals surface area contributed by atoms with Gasteiger partial charge in [0, 0.05) is 24.3 Å². The van der Waals surface area contributed by atoms with Gasteiger partial charge in [0.25, 0.3) is 0 Å². The Morgan fingerprint density at radius 3 is 2.35 bits per heavy atom. The summed E-state index contributed by atoms with van der Waals surface area (Å²) in [6.45, 7) is 1.11. The molecule has 0 radical (unpaired) electrons. The minimum Gasteiger partial charge on any atom is -0.341 e. The fraction of sp³-hybridized carbons (Fsp3) is 0.182. The van der Waals surface area contributed by atoms with Crippen LogP contribution >= 0.6 is 0 Å². The second kappa shape index (κ2) is 4.99. The summed E-state index contributed by atoms with van der Waals surface area (Å²) in [4.78, 5) is 2.53. The molecule has 0 amide bonds. The molecule has 1 heterocycles. The van der Waals surface area contributed by atoms with Crippen molar-refractivity contribution in [1.82, 2.24) is 0 Å². The molecule has 1 aliphatic carbocycles. The van der Waals surface area contributed by atoms with Crippen molar-refractivity contribution in [3.05, 3.63) is 83.4 Å². The molecular formula is C22H19N. The zero-order valence-corrected chi connectivity index (χ0v) is 13.1. The minimum atomic E-state index is 1.06. The molecule has 1 heteroatoms. The number of aryl methyl sites for hydroxylation is 1. The average molecular weight is 297 g/mol. The molecule has 0 unspecified atom stereocenters. The molecule has 23 heavy (non-hydrogen) atoms. The SMILES string of the molecule is c1ccc2c(c1)Cc1c-2cccc1N1CCCc2ccccc21. The van der Waals surface area contributed by atoms with E-state index in [1.54, 1.807) is 0 Å². The first kappa shape index (κ1) is 13.0. The maximum absolute atomic E-state index is 2.53. The summed E-state index contributed by atoms with van der Waals surface area (Å²) in [5.74, 6) is 0. The molecule has 1 nitrogen and oxygen atoms in total. The highest BCUT2D eigenvalue weighted by Crippen LogP contribution is 2.44. The average Bonchev–Trinajstić information content (AvgIpc) is 3.00. The minimum absolute atomic E-state index is 1.06. The summed E-state index contributed by atoms with van der Waals surface area (Å²) in [5, 5.41) is 0. The fourth-order valence-electron chi connectivity index (χ4n) is 4.18. The number of hydrogen-bond donors (Lipinski definition) is 0. The Bertz CT molecular complexity index is 894. The zero-order chi connectivity index (χ0) is 15.2. The van der Waals surface area contributed by atoms with Gasteiger partial charge in [0.15, 0.2) is 0 Å². The number of para-hydroxylation sites is 1. The van der Waals surface area contributed by atoms with E-state index in [9.17, 15) is 0 Å². The second-order valence-electron chi connectivity index (χ2n) is 6.52. The summed E-state index contributed by atoms with van der Waals surface area (Å²) in [6.07, 6.45) is 3.48. The van der Waals surface area contributed by atoms with Crippen molar-refractivity contribution in [3.8, 4) is 11.1 Å². The maximum Gasteiger partial charge on any atom is 0.0453 e. The molecule has 0 bridgehead atoms. The molecule has 3 aromatic carbocycles. The monoisotopic (exact) mass is 297 g/mol. The smallest absolute Gasteiger partial charge is 0.0453 e. The third-order valence-electron chi connectivity index (χ3n) is 5.23. The highest BCUT2D eigenvalue weighted by Gasteiger charge is 2.25. The first-order valence-electron chi connectivity index (χ1n) is 8.47. The van der Waals surface area contributed by atoms with Crippen LogP contribution in [0.1, 0.15) is 23.1 Å². The summed E-state index contributed by atoms with van der Waals surface area (Å²) in [5.41, 5.74) is 10.0. The van der Waals surface area contributed by atoms with E-state index < -0.39 is 0 Å². The van der Waals surface area contributed by atoms with Gasteiger partial charge in [-0.1, -0.05) is 54.6 Å². The van der Waals surface area contributed by atoms with Gasteiger partial charge < -0.3 is 4.90 Å². The molecule has 0 spiro atoms. The van der Waals surface area contributed by atoms with Gasteiger partial charge in [0.1, 0.15) is 0 Å². The van der Waals surface area contributed by atoms with Crippen LogP contribution in [-0.4, -0.2) is 6.54 Å². The summed E-state index contributed by atoms with van der Waals surface area (Å²) in [6, 6.07) is 24.5. The lowest BCUT2D eigenvalue weighted by Crippen LogP contribution is -2.25. The molecule has 112 valence electrons. The van der Waals surface area contributed by atoms with Crippen molar-refractivity contribution in [3.63, 3.8) is 0 Å². The van der Waals surface area contributed by atoms with Gasteiger partial charge >= 0.3 is 0 Å². The van der Waals surface area contributed by atoms with Gasteiger partial charge in [0.2, 0.25) is 0 Å². The molecule has 0 fully saturated rings. The van der Waals surface area contributed by atoms with Gasteiger partial charge in [-0.25, -0.2) is 0 Å². The lowest BCUT2D eigenvalue weighted by Gasteiger charge is -2.32. The highest BCUT2D eigenvalue weighted by atomic mass is 15.1. The third kappa shape index (κ3) is 1.93. The Labute approximate surface area is 137 Å². The normalized spacial score (nSPS) is 15.0. The van der Waals surface area contributed by atoms with Crippen molar-refractivity contribution in [2.24, 2.45) is 0 Å². The van der Waals surface area contributed by atoms with Crippen molar-refractivity contribution in [2.45, 2.75) is 19.3 Å². The van der Waals surface area contributed by atoms with E-state index in [1.807, 2.05) is 0 Å². The van der Waals surface area contributed by atoms with E-state index in [4.69, 9.17) is 0 Å². The first-order valence-corrected chi connectivity index (χ1v) is 8.47. The first-order chi connectivity index (χ1) is 11.4. The van der Waals surface area contributed by atoms with E-state index in [-0.39, 0.29) is 0 Å². The summed E-state index contributed by atoms with van der Waals surface area (Å²) in [7, 11) is 0. The van der Waals surface area contributed by atoms with Crippen LogP contribution in [0.4, 0.5) is 11.4 Å². The van der Waals surface area contributed by atoms with Crippen LogP contribution in [0.5, 0.6) is 0 Å². The molecule has 5 rings (SSSR count). The predicted octanol–water partition coefficient (Wildman–Crippen LogP) is 5.34. The molecule has 3 aromatic rings. The van der Waals surface area contributed by atoms with Gasteiger partial charge in [-0.15, -0.1) is 0 Å². The summed E-state index contributed by atoms with van der Waals surface area (Å²) >= 11 is 0. The van der Waals surface area contributed by atoms with Crippen molar-refractivity contribution in [2.75, 3.05) is 11.4 Å². The molecule has 2 aliphatic rings. The van der Waals surface area contributed by atoms with Crippen LogP contribution in [0.3, 0.4) is 0 Å². The number of nitrogens with zero attached hydrogens (tertiary/aromatic N) is 1. The number of rotatable bonds is 1. The Morgan fingerprint density at radius 1 is 0.652 bits per heavy atom. The topological polar surface area (TPSA) is 3.24 Å². The standard InChI is InChI=1S/C22H19N/c1-3-10-18-17(8-1)15-20-19(18)11-5-13-22(20)23-14-6-9-16-7-2-4-12-21(16)23/h1-5,7-8,10-13H,6,9,14-15H2. The van der Waals surface area contributed by atoms with Crippen molar-refractivity contribution in [1.29, 1.82) is 0 Å². The van der Waals surface area contributed by atoms with Crippen molar-refractivity contribution >= 4 is 11.4 Å². The van der Waals surface area contributed by atoms with Gasteiger partial charge in [-0.05, 0) is 52.8 Å². The Kier molecular flexibility index (Phi) is 2.81. The maximum atomic E-state index is 2.53. The number of hydrogen-bond acceptors (Lipinski definition) is 1. The van der Waals surface area contributed by atoms with Crippen LogP contribution in [0, 0.1) is 0 Å². The number of benzene rings is 3. The second-order valence-corrected chi connectivity index (χ2v) is 6.52. The zero-order valence-electron chi connectivity index (χ0n) is 13.1. The quantitative estimate of drug-likeness (QED) is 0.458.